The van der Waals surface area contributed by atoms with E-state index in [0.717, 1.165) is 36.0 Å². The molecule has 0 unspecified atom stereocenters. The second-order valence-electron chi connectivity index (χ2n) is 6.17. The molecule has 0 fully saturated rings. The minimum atomic E-state index is 0.661. The van der Waals surface area contributed by atoms with E-state index >= 15 is 0 Å². The standard InChI is InChI=1S/C22H26N4O2/c1-5-26(6-2)21-15-20(24-22(25-21)16-10-8-7-9-11-16)23-17-12-13-18(27-3)19(14-17)28-4/h7-15H,5-6H2,1-4H3,(H,23,24,25). The molecule has 3 aromatic rings. The first-order valence-corrected chi connectivity index (χ1v) is 9.37. The third-order valence-corrected chi connectivity index (χ3v) is 4.49. The Kier molecular flexibility index (Phi) is 6.32. The van der Waals surface area contributed by atoms with Crippen molar-refractivity contribution in [1.82, 2.24) is 9.97 Å². The van der Waals surface area contributed by atoms with Gasteiger partial charge in [-0.15, -0.1) is 0 Å². The van der Waals surface area contributed by atoms with Crippen LogP contribution in [-0.2, 0) is 0 Å². The molecule has 0 saturated heterocycles. The number of anilines is 3. The van der Waals surface area contributed by atoms with Crippen LogP contribution in [-0.4, -0.2) is 37.3 Å². The number of rotatable bonds is 8. The summed E-state index contributed by atoms with van der Waals surface area (Å²) in [6.07, 6.45) is 0. The molecule has 1 N–H and O–H groups in total. The minimum absolute atomic E-state index is 0.661. The molecule has 28 heavy (non-hydrogen) atoms. The molecule has 0 saturated carbocycles. The number of hydrogen-bond acceptors (Lipinski definition) is 6. The molecule has 6 nitrogen and oxygen atoms in total. The maximum Gasteiger partial charge on any atom is 0.163 e. The van der Waals surface area contributed by atoms with E-state index in [9.17, 15) is 0 Å². The van der Waals surface area contributed by atoms with Crippen molar-refractivity contribution in [3.8, 4) is 22.9 Å². The smallest absolute Gasteiger partial charge is 0.163 e. The van der Waals surface area contributed by atoms with Crippen molar-refractivity contribution in [1.29, 1.82) is 0 Å². The van der Waals surface area contributed by atoms with Gasteiger partial charge < -0.3 is 19.7 Å². The topological polar surface area (TPSA) is 59.5 Å². The van der Waals surface area contributed by atoms with Gasteiger partial charge in [0.05, 0.1) is 14.2 Å². The third kappa shape index (κ3) is 4.34. The van der Waals surface area contributed by atoms with Crippen LogP contribution in [0.15, 0.2) is 54.6 Å². The van der Waals surface area contributed by atoms with Crippen LogP contribution in [0, 0.1) is 0 Å². The van der Waals surface area contributed by atoms with E-state index in [0.29, 0.717) is 17.3 Å². The molecular weight excluding hydrogens is 352 g/mol. The molecule has 3 rings (SSSR count). The zero-order valence-corrected chi connectivity index (χ0v) is 16.8. The second-order valence-corrected chi connectivity index (χ2v) is 6.17. The van der Waals surface area contributed by atoms with Crippen LogP contribution in [0.5, 0.6) is 11.5 Å². The predicted octanol–water partition coefficient (Wildman–Crippen LogP) is 4.75. The van der Waals surface area contributed by atoms with Crippen LogP contribution in [0.1, 0.15) is 13.8 Å². The van der Waals surface area contributed by atoms with E-state index in [2.05, 4.69) is 24.1 Å². The summed E-state index contributed by atoms with van der Waals surface area (Å²) in [4.78, 5) is 11.7. The first-order chi connectivity index (χ1) is 13.7. The molecule has 146 valence electrons. The third-order valence-electron chi connectivity index (χ3n) is 4.49. The summed E-state index contributed by atoms with van der Waals surface area (Å²) in [5, 5.41) is 3.37. The van der Waals surface area contributed by atoms with Crippen LogP contribution < -0.4 is 19.7 Å². The average molecular weight is 378 g/mol. The fourth-order valence-electron chi connectivity index (χ4n) is 2.99. The summed E-state index contributed by atoms with van der Waals surface area (Å²) in [6, 6.07) is 17.7. The van der Waals surface area contributed by atoms with Crippen molar-refractivity contribution in [2.24, 2.45) is 0 Å². The van der Waals surface area contributed by atoms with Crippen molar-refractivity contribution in [2.75, 3.05) is 37.5 Å². The van der Waals surface area contributed by atoms with Gasteiger partial charge in [0.25, 0.3) is 0 Å². The number of benzene rings is 2. The van der Waals surface area contributed by atoms with Crippen molar-refractivity contribution in [2.45, 2.75) is 13.8 Å². The van der Waals surface area contributed by atoms with Gasteiger partial charge in [0.1, 0.15) is 11.6 Å². The molecule has 6 heteroatoms. The fourth-order valence-corrected chi connectivity index (χ4v) is 2.99. The number of methoxy groups -OCH3 is 2. The molecule has 0 aliphatic carbocycles. The normalized spacial score (nSPS) is 10.4. The quantitative estimate of drug-likeness (QED) is 0.610. The molecule has 0 bridgehead atoms. The maximum atomic E-state index is 5.40. The summed E-state index contributed by atoms with van der Waals surface area (Å²) < 4.78 is 10.7. The predicted molar refractivity (Wildman–Crippen MR) is 114 cm³/mol. The van der Waals surface area contributed by atoms with Gasteiger partial charge in [-0.3, -0.25) is 0 Å². The minimum Gasteiger partial charge on any atom is -0.493 e. The summed E-state index contributed by atoms with van der Waals surface area (Å²) >= 11 is 0. The average Bonchev–Trinajstić information content (AvgIpc) is 2.75. The second kappa shape index (κ2) is 9.08. The largest absolute Gasteiger partial charge is 0.493 e. The van der Waals surface area contributed by atoms with E-state index in [1.807, 2.05) is 54.6 Å². The molecule has 0 atom stereocenters. The molecule has 1 heterocycles. The Hall–Kier alpha value is -3.28. The highest BCUT2D eigenvalue weighted by molar-refractivity contribution is 5.67. The zero-order valence-electron chi connectivity index (χ0n) is 16.8. The first kappa shape index (κ1) is 19.5. The molecular formula is C22H26N4O2. The summed E-state index contributed by atoms with van der Waals surface area (Å²) in [6.45, 7) is 5.99. The van der Waals surface area contributed by atoms with Crippen LogP contribution in [0.4, 0.5) is 17.3 Å². The van der Waals surface area contributed by atoms with Gasteiger partial charge in [0, 0.05) is 36.5 Å². The molecule has 1 aromatic heterocycles. The monoisotopic (exact) mass is 378 g/mol. The Bertz CT molecular complexity index is 912. The lowest BCUT2D eigenvalue weighted by Gasteiger charge is -2.21. The van der Waals surface area contributed by atoms with E-state index in [1.54, 1.807) is 14.2 Å². The van der Waals surface area contributed by atoms with E-state index in [1.165, 1.54) is 0 Å². The highest BCUT2D eigenvalue weighted by Gasteiger charge is 2.12. The Morgan fingerprint density at radius 1 is 0.857 bits per heavy atom. The van der Waals surface area contributed by atoms with Gasteiger partial charge in [0.15, 0.2) is 17.3 Å². The zero-order chi connectivity index (χ0) is 19.9. The number of hydrogen-bond donors (Lipinski definition) is 1. The number of aromatic nitrogens is 2. The van der Waals surface area contributed by atoms with Crippen molar-refractivity contribution in [3.05, 3.63) is 54.6 Å². The molecule has 0 aliphatic heterocycles. The highest BCUT2D eigenvalue weighted by atomic mass is 16.5. The SMILES string of the molecule is CCN(CC)c1cc(Nc2ccc(OC)c(OC)c2)nc(-c2ccccc2)n1. The van der Waals surface area contributed by atoms with Gasteiger partial charge in [-0.05, 0) is 26.0 Å². The Morgan fingerprint density at radius 2 is 1.57 bits per heavy atom. The van der Waals surface area contributed by atoms with Crippen LogP contribution in [0.25, 0.3) is 11.4 Å². The van der Waals surface area contributed by atoms with E-state index in [-0.39, 0.29) is 0 Å². The number of ether oxygens (including phenoxy) is 2. The molecule has 0 spiro atoms. The highest BCUT2D eigenvalue weighted by Crippen LogP contribution is 2.31. The van der Waals surface area contributed by atoms with Gasteiger partial charge >= 0.3 is 0 Å². The molecule has 0 radical (unpaired) electrons. The summed E-state index contributed by atoms with van der Waals surface area (Å²) in [5.74, 6) is 3.65. The summed E-state index contributed by atoms with van der Waals surface area (Å²) in [7, 11) is 3.25. The molecule has 2 aromatic carbocycles. The van der Waals surface area contributed by atoms with Gasteiger partial charge in [-0.1, -0.05) is 30.3 Å². The van der Waals surface area contributed by atoms with Crippen LogP contribution in [0.2, 0.25) is 0 Å². The molecule has 0 aliphatic rings. The fraction of sp³-hybridized carbons (Fsp3) is 0.273. The summed E-state index contributed by atoms with van der Waals surface area (Å²) in [5.41, 5.74) is 1.84. The van der Waals surface area contributed by atoms with Crippen molar-refractivity contribution >= 4 is 17.3 Å². The number of nitrogens with zero attached hydrogens (tertiary/aromatic N) is 3. The lowest BCUT2D eigenvalue weighted by atomic mass is 10.2. The Morgan fingerprint density at radius 3 is 2.21 bits per heavy atom. The lowest BCUT2D eigenvalue weighted by Crippen LogP contribution is -2.23. The van der Waals surface area contributed by atoms with Crippen molar-refractivity contribution < 1.29 is 9.47 Å². The van der Waals surface area contributed by atoms with E-state index < -0.39 is 0 Å². The first-order valence-electron chi connectivity index (χ1n) is 9.37. The Balaban J connectivity index is 2.01. The Labute approximate surface area is 166 Å². The van der Waals surface area contributed by atoms with Crippen LogP contribution in [0.3, 0.4) is 0 Å². The van der Waals surface area contributed by atoms with Crippen molar-refractivity contribution in [3.63, 3.8) is 0 Å². The van der Waals surface area contributed by atoms with Gasteiger partial charge in [0.2, 0.25) is 0 Å². The maximum absolute atomic E-state index is 5.40. The number of nitrogens with one attached hydrogen (secondary N) is 1. The molecule has 0 amide bonds. The van der Waals surface area contributed by atoms with Gasteiger partial charge in [-0.25, -0.2) is 9.97 Å². The van der Waals surface area contributed by atoms with Crippen LogP contribution >= 0.6 is 0 Å². The lowest BCUT2D eigenvalue weighted by molar-refractivity contribution is 0.355. The van der Waals surface area contributed by atoms with E-state index in [4.69, 9.17) is 19.4 Å². The van der Waals surface area contributed by atoms with Gasteiger partial charge in [-0.2, -0.15) is 0 Å².